The summed E-state index contributed by atoms with van der Waals surface area (Å²) < 4.78 is 0. The molecule has 3 nitrogen and oxygen atoms in total. The quantitative estimate of drug-likeness (QED) is 0.694. The number of β-lactam (4-membered cyclic amide) rings is 1. The Morgan fingerprint density at radius 2 is 1.50 bits per heavy atom. The first-order valence-corrected chi connectivity index (χ1v) is 8.78. The van der Waals surface area contributed by atoms with Crippen molar-refractivity contribution < 1.29 is 4.79 Å². The zero-order chi connectivity index (χ0) is 16.8. The highest BCUT2D eigenvalue weighted by Gasteiger charge is 2.25. The third-order valence-electron chi connectivity index (χ3n) is 4.55. The van der Waals surface area contributed by atoms with Gasteiger partial charge in [0.2, 0.25) is 5.91 Å². The number of hydrogen-bond donors (Lipinski definition) is 0. The van der Waals surface area contributed by atoms with Gasteiger partial charge >= 0.3 is 0 Å². The molecule has 24 heavy (non-hydrogen) atoms. The van der Waals surface area contributed by atoms with Gasteiger partial charge < -0.3 is 4.90 Å². The van der Waals surface area contributed by atoms with Crippen molar-refractivity contribution in [3.8, 4) is 0 Å². The maximum absolute atomic E-state index is 11.5. The summed E-state index contributed by atoms with van der Waals surface area (Å²) in [6, 6.07) is 21.2. The van der Waals surface area contributed by atoms with E-state index in [1.807, 2.05) is 4.90 Å². The van der Waals surface area contributed by atoms with Gasteiger partial charge in [-0.05, 0) is 17.0 Å². The van der Waals surface area contributed by atoms with Gasteiger partial charge in [0, 0.05) is 39.1 Å². The van der Waals surface area contributed by atoms with Crippen molar-refractivity contribution in [2.24, 2.45) is 5.92 Å². The highest BCUT2D eigenvalue weighted by Crippen LogP contribution is 2.16. The molecule has 3 heteroatoms. The minimum absolute atomic E-state index is 0.305. The van der Waals surface area contributed by atoms with Crippen molar-refractivity contribution in [1.82, 2.24) is 9.80 Å². The van der Waals surface area contributed by atoms with Crippen LogP contribution in [0.2, 0.25) is 0 Å². The molecular weight excluding hydrogens is 296 g/mol. The summed E-state index contributed by atoms with van der Waals surface area (Å²) in [4.78, 5) is 16.0. The Morgan fingerprint density at radius 3 is 1.92 bits per heavy atom. The fourth-order valence-electron chi connectivity index (χ4n) is 3.30. The molecule has 1 atom stereocenters. The van der Waals surface area contributed by atoms with E-state index in [2.05, 4.69) is 72.5 Å². The van der Waals surface area contributed by atoms with Crippen molar-refractivity contribution in [1.29, 1.82) is 0 Å². The third kappa shape index (κ3) is 4.68. The van der Waals surface area contributed by atoms with Gasteiger partial charge in [-0.3, -0.25) is 9.69 Å². The van der Waals surface area contributed by atoms with E-state index >= 15 is 0 Å². The van der Waals surface area contributed by atoms with Gasteiger partial charge in [-0.25, -0.2) is 0 Å². The van der Waals surface area contributed by atoms with Crippen LogP contribution in [-0.4, -0.2) is 35.3 Å². The number of carbonyl (C=O) groups excluding carboxylic acids is 1. The van der Waals surface area contributed by atoms with E-state index in [1.54, 1.807) is 0 Å². The Balaban J connectivity index is 1.63. The molecule has 0 saturated carbocycles. The van der Waals surface area contributed by atoms with Gasteiger partial charge in [0.15, 0.2) is 0 Å². The zero-order valence-corrected chi connectivity index (χ0v) is 14.4. The summed E-state index contributed by atoms with van der Waals surface area (Å²) in [5.74, 6) is 0.779. The molecule has 1 aliphatic rings. The number of benzene rings is 2. The Kier molecular flexibility index (Phi) is 5.65. The smallest absolute Gasteiger partial charge is 0.224 e. The van der Waals surface area contributed by atoms with Crippen LogP contribution < -0.4 is 0 Å². The van der Waals surface area contributed by atoms with Crippen molar-refractivity contribution in [3.63, 3.8) is 0 Å². The van der Waals surface area contributed by atoms with Crippen LogP contribution in [0.25, 0.3) is 0 Å². The lowest BCUT2D eigenvalue weighted by Crippen LogP contribution is -2.47. The molecular formula is C21H26N2O. The van der Waals surface area contributed by atoms with Gasteiger partial charge in [0.25, 0.3) is 0 Å². The largest absolute Gasteiger partial charge is 0.342 e. The highest BCUT2D eigenvalue weighted by atomic mass is 16.2. The first kappa shape index (κ1) is 16.7. The molecule has 0 aliphatic carbocycles. The lowest BCUT2D eigenvalue weighted by atomic mass is 10.1. The van der Waals surface area contributed by atoms with Crippen molar-refractivity contribution in [2.45, 2.75) is 26.4 Å². The van der Waals surface area contributed by atoms with Crippen LogP contribution in [0.4, 0.5) is 0 Å². The predicted octanol–water partition coefficient (Wildman–Crippen LogP) is 3.56. The molecule has 2 aromatic rings. The lowest BCUT2D eigenvalue weighted by molar-refractivity contribution is -0.140. The number of carbonyl (C=O) groups is 1. The molecule has 1 saturated heterocycles. The van der Waals surface area contributed by atoms with E-state index in [1.165, 1.54) is 11.1 Å². The number of nitrogens with zero attached hydrogens (tertiary/aromatic N) is 2. The van der Waals surface area contributed by atoms with Gasteiger partial charge in [-0.15, -0.1) is 0 Å². The van der Waals surface area contributed by atoms with E-state index in [-0.39, 0.29) is 0 Å². The Labute approximate surface area is 144 Å². The maximum Gasteiger partial charge on any atom is 0.224 e. The molecule has 1 fully saturated rings. The van der Waals surface area contributed by atoms with E-state index in [4.69, 9.17) is 0 Å². The summed E-state index contributed by atoms with van der Waals surface area (Å²) in [7, 11) is 0. The van der Waals surface area contributed by atoms with E-state index in [0.29, 0.717) is 11.8 Å². The summed E-state index contributed by atoms with van der Waals surface area (Å²) >= 11 is 0. The van der Waals surface area contributed by atoms with Crippen LogP contribution >= 0.6 is 0 Å². The van der Waals surface area contributed by atoms with Crippen molar-refractivity contribution in [3.05, 3.63) is 71.8 Å². The van der Waals surface area contributed by atoms with Gasteiger partial charge in [-0.2, -0.15) is 0 Å². The first-order valence-electron chi connectivity index (χ1n) is 8.78. The van der Waals surface area contributed by atoms with Crippen molar-refractivity contribution >= 4 is 5.91 Å². The van der Waals surface area contributed by atoms with E-state index < -0.39 is 0 Å². The molecule has 0 bridgehead atoms. The fourth-order valence-corrected chi connectivity index (χ4v) is 3.30. The molecule has 1 amide bonds. The second kappa shape index (κ2) is 8.11. The number of rotatable bonds is 8. The molecule has 0 unspecified atom stereocenters. The Hall–Kier alpha value is -2.13. The average molecular weight is 322 g/mol. The van der Waals surface area contributed by atoms with Gasteiger partial charge in [0.05, 0.1) is 0 Å². The number of amides is 1. The molecule has 3 rings (SSSR count). The molecule has 2 aromatic carbocycles. The van der Waals surface area contributed by atoms with Crippen LogP contribution in [0.3, 0.4) is 0 Å². The normalized spacial score (nSPS) is 15.4. The zero-order valence-electron chi connectivity index (χ0n) is 14.4. The standard InChI is InChI=1S/C21H26N2O/c1-18(15-23-13-12-21(23)24)14-22(16-19-8-4-2-5-9-19)17-20-10-6-3-7-11-20/h2-11,18H,12-17H2,1H3/t18-/m0/s1. The van der Waals surface area contributed by atoms with Crippen LogP contribution in [0.15, 0.2) is 60.7 Å². The lowest BCUT2D eigenvalue weighted by Gasteiger charge is -2.35. The fraction of sp³-hybridized carbons (Fsp3) is 0.381. The minimum Gasteiger partial charge on any atom is -0.342 e. The summed E-state index contributed by atoms with van der Waals surface area (Å²) in [6.45, 7) is 6.92. The topological polar surface area (TPSA) is 23.6 Å². The molecule has 1 heterocycles. The van der Waals surface area contributed by atoms with E-state index in [0.717, 1.165) is 39.1 Å². The van der Waals surface area contributed by atoms with Gasteiger partial charge in [-0.1, -0.05) is 67.6 Å². The second-order valence-electron chi connectivity index (χ2n) is 6.84. The van der Waals surface area contributed by atoms with Crippen LogP contribution in [0.1, 0.15) is 24.5 Å². The molecule has 126 valence electrons. The molecule has 1 aliphatic heterocycles. The summed E-state index contributed by atoms with van der Waals surface area (Å²) in [5.41, 5.74) is 2.67. The molecule has 0 radical (unpaired) electrons. The van der Waals surface area contributed by atoms with Gasteiger partial charge in [0.1, 0.15) is 0 Å². The average Bonchev–Trinajstić information content (AvgIpc) is 2.60. The second-order valence-corrected chi connectivity index (χ2v) is 6.84. The third-order valence-corrected chi connectivity index (χ3v) is 4.55. The summed E-state index contributed by atoms with van der Waals surface area (Å²) in [6.07, 6.45) is 0.727. The number of likely N-dealkylation sites (tertiary alicyclic amines) is 1. The molecule has 0 spiro atoms. The highest BCUT2D eigenvalue weighted by molar-refractivity contribution is 5.81. The van der Waals surface area contributed by atoms with Crippen LogP contribution in [0, 0.1) is 5.92 Å². The predicted molar refractivity (Wildman–Crippen MR) is 97.4 cm³/mol. The van der Waals surface area contributed by atoms with Crippen molar-refractivity contribution in [2.75, 3.05) is 19.6 Å². The monoisotopic (exact) mass is 322 g/mol. The Bertz CT molecular complexity index is 600. The number of hydrogen-bond acceptors (Lipinski definition) is 2. The Morgan fingerprint density at radius 1 is 0.958 bits per heavy atom. The van der Waals surface area contributed by atoms with Crippen LogP contribution in [-0.2, 0) is 17.9 Å². The minimum atomic E-state index is 0.305. The van der Waals surface area contributed by atoms with Crippen LogP contribution in [0.5, 0.6) is 0 Å². The molecule has 0 N–H and O–H groups in total. The van der Waals surface area contributed by atoms with E-state index in [9.17, 15) is 4.79 Å². The SMILES string of the molecule is C[C@@H](CN(Cc1ccccc1)Cc1ccccc1)CN1CCC1=O. The summed E-state index contributed by atoms with van der Waals surface area (Å²) in [5, 5.41) is 0. The maximum atomic E-state index is 11.5. The first-order chi connectivity index (χ1) is 11.7. The molecule has 0 aromatic heterocycles.